The van der Waals surface area contributed by atoms with E-state index in [-0.39, 0.29) is 11.6 Å². The molecule has 0 bridgehead atoms. The summed E-state index contributed by atoms with van der Waals surface area (Å²) in [5, 5.41) is 0. The summed E-state index contributed by atoms with van der Waals surface area (Å²) in [6, 6.07) is 6.20. The number of piperidine rings is 1. The van der Waals surface area contributed by atoms with Gasteiger partial charge in [-0.3, -0.25) is 9.69 Å². The molecule has 1 saturated heterocycles. The normalized spacial score (nSPS) is 24.4. The van der Waals surface area contributed by atoms with E-state index in [4.69, 9.17) is 0 Å². The molecule has 2 rings (SSSR count). The number of carbonyl (C=O) groups is 1. The summed E-state index contributed by atoms with van der Waals surface area (Å²) in [5.74, 6) is 1.30. The first-order valence-electron chi connectivity index (χ1n) is 7.01. The predicted molar refractivity (Wildman–Crippen MR) is 74.5 cm³/mol. The smallest absolute Gasteiger partial charge is 0.151 e. The van der Waals surface area contributed by atoms with Gasteiger partial charge in [0.25, 0.3) is 0 Å². The lowest BCUT2D eigenvalue weighted by atomic mass is 9.91. The molecule has 0 aromatic heterocycles. The Morgan fingerprint density at radius 2 is 1.79 bits per heavy atom. The number of benzene rings is 1. The van der Waals surface area contributed by atoms with E-state index < -0.39 is 0 Å². The highest BCUT2D eigenvalue weighted by atomic mass is 19.1. The molecule has 1 fully saturated rings. The van der Waals surface area contributed by atoms with E-state index in [0.29, 0.717) is 24.8 Å². The maximum atomic E-state index is 12.8. The van der Waals surface area contributed by atoms with Crippen LogP contribution >= 0.6 is 0 Å². The van der Waals surface area contributed by atoms with Gasteiger partial charge < -0.3 is 0 Å². The highest BCUT2D eigenvalue weighted by molar-refractivity contribution is 5.82. The summed E-state index contributed by atoms with van der Waals surface area (Å²) in [6.07, 6.45) is 1.65. The molecule has 104 valence electrons. The van der Waals surface area contributed by atoms with E-state index in [1.54, 1.807) is 12.1 Å². The molecule has 0 N–H and O–H groups in total. The largest absolute Gasteiger partial charge is 0.298 e. The first-order valence-corrected chi connectivity index (χ1v) is 7.01. The van der Waals surface area contributed by atoms with Crippen molar-refractivity contribution >= 4 is 5.78 Å². The third kappa shape index (κ3) is 4.43. The molecular formula is C16H22FNO. The lowest BCUT2D eigenvalue weighted by Gasteiger charge is -2.34. The number of rotatable bonds is 4. The van der Waals surface area contributed by atoms with E-state index in [2.05, 4.69) is 18.7 Å². The van der Waals surface area contributed by atoms with Gasteiger partial charge in [-0.2, -0.15) is 0 Å². The molecule has 1 aromatic carbocycles. The molecule has 3 heteroatoms. The van der Waals surface area contributed by atoms with Crippen molar-refractivity contribution in [1.82, 2.24) is 4.90 Å². The maximum absolute atomic E-state index is 12.8. The molecule has 0 aliphatic carbocycles. The molecule has 19 heavy (non-hydrogen) atoms. The number of ketones is 1. The lowest BCUT2D eigenvalue weighted by molar-refractivity contribution is -0.120. The van der Waals surface area contributed by atoms with Gasteiger partial charge in [0.1, 0.15) is 5.82 Å². The molecule has 2 atom stereocenters. The van der Waals surface area contributed by atoms with Crippen molar-refractivity contribution in [2.75, 3.05) is 19.6 Å². The minimum Gasteiger partial charge on any atom is -0.298 e. The standard InChI is InChI=1S/C16H22FNO/c1-12-7-13(2)10-18(9-12)11-16(19)8-14-3-5-15(17)6-4-14/h3-6,12-13H,7-11H2,1-2H3. The summed E-state index contributed by atoms with van der Waals surface area (Å²) >= 11 is 0. The van der Waals surface area contributed by atoms with Crippen LogP contribution in [-0.2, 0) is 11.2 Å². The van der Waals surface area contributed by atoms with Gasteiger partial charge in [0.05, 0.1) is 6.54 Å². The molecule has 0 saturated carbocycles. The monoisotopic (exact) mass is 263 g/mol. The fourth-order valence-electron chi connectivity index (χ4n) is 3.06. The van der Waals surface area contributed by atoms with Gasteiger partial charge in [-0.05, 0) is 36.0 Å². The van der Waals surface area contributed by atoms with Crippen LogP contribution in [0.3, 0.4) is 0 Å². The Morgan fingerprint density at radius 3 is 2.37 bits per heavy atom. The average molecular weight is 263 g/mol. The minimum absolute atomic E-state index is 0.216. The first kappa shape index (κ1) is 14.2. The van der Waals surface area contributed by atoms with Gasteiger partial charge in [0, 0.05) is 19.5 Å². The number of nitrogens with zero attached hydrogens (tertiary/aromatic N) is 1. The SMILES string of the molecule is CC1CC(C)CN(CC(=O)Cc2ccc(F)cc2)C1. The Hall–Kier alpha value is -1.22. The predicted octanol–water partition coefficient (Wildman–Crippen LogP) is 2.92. The molecule has 0 amide bonds. The molecule has 1 aliphatic heterocycles. The summed E-state index contributed by atoms with van der Waals surface area (Å²) in [6.45, 7) is 7.03. The van der Waals surface area contributed by atoms with E-state index in [0.717, 1.165) is 18.7 Å². The summed E-state index contributed by atoms with van der Waals surface area (Å²) in [7, 11) is 0. The molecule has 1 aliphatic rings. The Bertz CT molecular complexity index is 419. The Morgan fingerprint density at radius 1 is 1.21 bits per heavy atom. The van der Waals surface area contributed by atoms with Crippen molar-refractivity contribution in [2.24, 2.45) is 11.8 Å². The van der Waals surface area contributed by atoms with Crippen LogP contribution in [0.1, 0.15) is 25.8 Å². The quantitative estimate of drug-likeness (QED) is 0.832. The fraction of sp³-hybridized carbons (Fsp3) is 0.562. The van der Waals surface area contributed by atoms with Gasteiger partial charge >= 0.3 is 0 Å². The van der Waals surface area contributed by atoms with E-state index in [1.165, 1.54) is 18.6 Å². The van der Waals surface area contributed by atoms with Crippen molar-refractivity contribution in [3.63, 3.8) is 0 Å². The topological polar surface area (TPSA) is 20.3 Å². The van der Waals surface area contributed by atoms with Crippen LogP contribution in [0, 0.1) is 17.7 Å². The maximum Gasteiger partial charge on any atom is 0.151 e. The number of hydrogen-bond donors (Lipinski definition) is 0. The van der Waals surface area contributed by atoms with Crippen LogP contribution in [0.2, 0.25) is 0 Å². The van der Waals surface area contributed by atoms with E-state index in [1.807, 2.05) is 0 Å². The third-order valence-corrected chi connectivity index (χ3v) is 3.66. The first-order chi connectivity index (χ1) is 9.02. The van der Waals surface area contributed by atoms with E-state index in [9.17, 15) is 9.18 Å². The van der Waals surface area contributed by atoms with Gasteiger partial charge in [-0.1, -0.05) is 26.0 Å². The van der Waals surface area contributed by atoms with Crippen LogP contribution in [0.4, 0.5) is 4.39 Å². The van der Waals surface area contributed by atoms with Gasteiger partial charge in [0.15, 0.2) is 5.78 Å². The second kappa shape index (κ2) is 6.29. The van der Waals surface area contributed by atoms with Crippen molar-refractivity contribution in [3.05, 3.63) is 35.6 Å². The summed E-state index contributed by atoms with van der Waals surface area (Å²) in [5.41, 5.74) is 0.893. The second-order valence-electron chi connectivity index (χ2n) is 5.98. The number of likely N-dealkylation sites (tertiary alicyclic amines) is 1. The van der Waals surface area contributed by atoms with Crippen LogP contribution in [0.15, 0.2) is 24.3 Å². The Kier molecular flexibility index (Phi) is 4.70. The average Bonchev–Trinajstić information content (AvgIpc) is 2.30. The number of carbonyl (C=O) groups excluding carboxylic acids is 1. The number of Topliss-reactive ketones (excluding diaryl/α,β-unsaturated/α-hetero) is 1. The molecule has 0 spiro atoms. The number of halogens is 1. The van der Waals surface area contributed by atoms with Crippen LogP contribution in [-0.4, -0.2) is 30.3 Å². The van der Waals surface area contributed by atoms with Gasteiger partial charge in [-0.25, -0.2) is 4.39 Å². The zero-order valence-electron chi connectivity index (χ0n) is 11.7. The van der Waals surface area contributed by atoms with Crippen molar-refractivity contribution < 1.29 is 9.18 Å². The minimum atomic E-state index is -0.255. The van der Waals surface area contributed by atoms with E-state index >= 15 is 0 Å². The summed E-state index contributed by atoms with van der Waals surface area (Å²) in [4.78, 5) is 14.3. The van der Waals surface area contributed by atoms with Crippen LogP contribution in [0.25, 0.3) is 0 Å². The number of hydrogen-bond acceptors (Lipinski definition) is 2. The summed E-state index contributed by atoms with van der Waals surface area (Å²) < 4.78 is 12.8. The molecule has 1 heterocycles. The van der Waals surface area contributed by atoms with Crippen molar-refractivity contribution in [3.8, 4) is 0 Å². The van der Waals surface area contributed by atoms with Crippen LogP contribution in [0.5, 0.6) is 0 Å². The highest BCUT2D eigenvalue weighted by Gasteiger charge is 2.23. The zero-order chi connectivity index (χ0) is 13.8. The zero-order valence-corrected chi connectivity index (χ0v) is 11.7. The molecule has 2 unspecified atom stereocenters. The van der Waals surface area contributed by atoms with Crippen molar-refractivity contribution in [2.45, 2.75) is 26.7 Å². The van der Waals surface area contributed by atoms with Crippen LogP contribution < -0.4 is 0 Å². The Labute approximate surface area is 114 Å². The highest BCUT2D eigenvalue weighted by Crippen LogP contribution is 2.20. The van der Waals surface area contributed by atoms with Gasteiger partial charge in [0.2, 0.25) is 0 Å². The Balaban J connectivity index is 1.85. The molecule has 2 nitrogen and oxygen atoms in total. The molecule has 0 radical (unpaired) electrons. The lowest BCUT2D eigenvalue weighted by Crippen LogP contribution is -2.41. The second-order valence-corrected chi connectivity index (χ2v) is 5.98. The third-order valence-electron chi connectivity index (χ3n) is 3.66. The fourth-order valence-corrected chi connectivity index (χ4v) is 3.06. The molecule has 1 aromatic rings. The van der Waals surface area contributed by atoms with Crippen molar-refractivity contribution in [1.29, 1.82) is 0 Å². The van der Waals surface area contributed by atoms with Gasteiger partial charge in [-0.15, -0.1) is 0 Å². The molecular weight excluding hydrogens is 241 g/mol.